The van der Waals surface area contributed by atoms with Gasteiger partial charge in [0.15, 0.2) is 5.82 Å². The van der Waals surface area contributed by atoms with Crippen LogP contribution in [0.4, 0.5) is 17.6 Å². The molecule has 28 heavy (non-hydrogen) atoms. The van der Waals surface area contributed by atoms with E-state index < -0.39 is 6.10 Å². The minimum absolute atomic E-state index is 0.134. The first-order valence-electron chi connectivity index (χ1n) is 9.36. The minimum Gasteiger partial charge on any atom is -0.485 e. The third kappa shape index (κ3) is 3.89. The molecule has 0 saturated heterocycles. The molecule has 0 aliphatic heterocycles. The van der Waals surface area contributed by atoms with Crippen molar-refractivity contribution in [2.45, 2.75) is 38.9 Å². The molecule has 7 nitrogen and oxygen atoms in total. The molecular formula is C21H23N5O2. The Balaban J connectivity index is 1.53. The standard InChI is InChI=1S/C21H23N5O2/c1-13-6-2-3-9-16(13)23-21-25-19(24-20(22)26-21)12-28-18-11-5-7-14-15(18)8-4-10-17(14)27/h2-3,5-7,9,11,17,27H,4,8,10,12H2,1H3,(H3,22,23,24,25,26)/t17-/m1/s1. The highest BCUT2D eigenvalue weighted by Gasteiger charge is 2.21. The minimum atomic E-state index is -0.426. The Bertz CT molecular complexity index is 992. The van der Waals surface area contributed by atoms with Gasteiger partial charge in [0.05, 0.1) is 6.10 Å². The predicted molar refractivity (Wildman–Crippen MR) is 107 cm³/mol. The lowest BCUT2D eigenvalue weighted by Gasteiger charge is -2.23. The summed E-state index contributed by atoms with van der Waals surface area (Å²) in [6.07, 6.45) is 2.19. The highest BCUT2D eigenvalue weighted by Crippen LogP contribution is 2.35. The van der Waals surface area contributed by atoms with Crippen LogP contribution in [0.25, 0.3) is 0 Å². The van der Waals surface area contributed by atoms with Crippen LogP contribution >= 0.6 is 0 Å². The second kappa shape index (κ2) is 7.82. The normalized spacial score (nSPS) is 15.7. The average molecular weight is 377 g/mol. The molecule has 4 N–H and O–H groups in total. The van der Waals surface area contributed by atoms with E-state index in [4.69, 9.17) is 10.5 Å². The van der Waals surface area contributed by atoms with Crippen molar-refractivity contribution in [3.8, 4) is 5.75 Å². The van der Waals surface area contributed by atoms with Gasteiger partial charge in [-0.1, -0.05) is 30.3 Å². The lowest BCUT2D eigenvalue weighted by atomic mass is 9.89. The van der Waals surface area contributed by atoms with Crippen LogP contribution in [0.3, 0.4) is 0 Å². The number of nitrogens with two attached hydrogens (primary N) is 1. The quantitative estimate of drug-likeness (QED) is 0.625. The number of nitrogen functional groups attached to an aromatic ring is 1. The molecule has 1 aliphatic rings. The highest BCUT2D eigenvalue weighted by molar-refractivity contribution is 5.58. The Morgan fingerprint density at radius 2 is 2.00 bits per heavy atom. The zero-order valence-corrected chi connectivity index (χ0v) is 15.7. The van der Waals surface area contributed by atoms with Crippen LogP contribution in [0.2, 0.25) is 0 Å². The van der Waals surface area contributed by atoms with E-state index in [0.29, 0.717) is 11.8 Å². The van der Waals surface area contributed by atoms with E-state index >= 15 is 0 Å². The summed E-state index contributed by atoms with van der Waals surface area (Å²) in [5.74, 6) is 1.71. The Morgan fingerprint density at radius 1 is 1.14 bits per heavy atom. The Hall–Kier alpha value is -3.19. The highest BCUT2D eigenvalue weighted by atomic mass is 16.5. The zero-order valence-electron chi connectivity index (χ0n) is 15.7. The summed E-state index contributed by atoms with van der Waals surface area (Å²) in [5, 5.41) is 13.4. The molecule has 1 aromatic heterocycles. The van der Waals surface area contributed by atoms with E-state index in [0.717, 1.165) is 47.4 Å². The second-order valence-electron chi connectivity index (χ2n) is 6.89. The van der Waals surface area contributed by atoms with E-state index in [9.17, 15) is 5.11 Å². The van der Waals surface area contributed by atoms with Gasteiger partial charge in [0.2, 0.25) is 11.9 Å². The number of hydrogen-bond donors (Lipinski definition) is 3. The van der Waals surface area contributed by atoms with E-state index in [2.05, 4.69) is 20.3 Å². The van der Waals surface area contributed by atoms with Gasteiger partial charge in [-0.2, -0.15) is 15.0 Å². The summed E-state index contributed by atoms with van der Waals surface area (Å²) in [6, 6.07) is 13.6. The largest absolute Gasteiger partial charge is 0.485 e. The van der Waals surface area contributed by atoms with Gasteiger partial charge in [0.1, 0.15) is 12.4 Å². The maximum absolute atomic E-state index is 10.2. The Labute approximate surface area is 163 Å². The molecule has 1 aliphatic carbocycles. The van der Waals surface area contributed by atoms with Gasteiger partial charge in [-0.3, -0.25) is 0 Å². The summed E-state index contributed by atoms with van der Waals surface area (Å²) >= 11 is 0. The fourth-order valence-corrected chi connectivity index (χ4v) is 3.46. The number of aromatic nitrogens is 3. The van der Waals surface area contributed by atoms with Gasteiger partial charge in [0.25, 0.3) is 0 Å². The van der Waals surface area contributed by atoms with Gasteiger partial charge in [-0.05, 0) is 55.0 Å². The number of anilines is 3. The lowest BCUT2D eigenvalue weighted by molar-refractivity contribution is 0.155. The molecule has 144 valence electrons. The molecule has 0 unspecified atom stereocenters. The second-order valence-corrected chi connectivity index (χ2v) is 6.89. The number of benzene rings is 2. The Kier molecular flexibility index (Phi) is 5.08. The molecule has 0 amide bonds. The van der Waals surface area contributed by atoms with Crippen molar-refractivity contribution in [3.05, 3.63) is 65.0 Å². The number of aliphatic hydroxyl groups is 1. The van der Waals surface area contributed by atoms with Crippen LogP contribution in [-0.4, -0.2) is 20.1 Å². The number of fused-ring (bicyclic) bond motifs is 1. The molecule has 7 heteroatoms. The van der Waals surface area contributed by atoms with Crippen LogP contribution < -0.4 is 15.8 Å². The summed E-state index contributed by atoms with van der Waals surface area (Å²) in [7, 11) is 0. The summed E-state index contributed by atoms with van der Waals surface area (Å²) in [5.41, 5.74) is 9.85. The molecule has 0 radical (unpaired) electrons. The van der Waals surface area contributed by atoms with Crippen molar-refractivity contribution in [2.24, 2.45) is 0 Å². The summed E-state index contributed by atoms with van der Waals surface area (Å²) in [4.78, 5) is 12.8. The van der Waals surface area contributed by atoms with Crippen LogP contribution in [-0.2, 0) is 13.0 Å². The number of hydrogen-bond acceptors (Lipinski definition) is 7. The monoisotopic (exact) mass is 377 g/mol. The first-order chi connectivity index (χ1) is 13.6. The molecule has 0 saturated carbocycles. The first kappa shape index (κ1) is 18.2. The van der Waals surface area contributed by atoms with E-state index in [1.165, 1.54) is 0 Å². The zero-order chi connectivity index (χ0) is 19.5. The molecule has 2 aromatic carbocycles. The third-order valence-corrected chi connectivity index (χ3v) is 4.88. The van der Waals surface area contributed by atoms with E-state index in [1.54, 1.807) is 0 Å². The number of aliphatic hydroxyl groups excluding tert-OH is 1. The van der Waals surface area contributed by atoms with E-state index in [1.807, 2.05) is 49.4 Å². The molecule has 0 spiro atoms. The fraction of sp³-hybridized carbons (Fsp3) is 0.286. The summed E-state index contributed by atoms with van der Waals surface area (Å²) in [6.45, 7) is 2.17. The van der Waals surface area contributed by atoms with E-state index in [-0.39, 0.29) is 12.6 Å². The number of aryl methyl sites for hydroxylation is 1. The smallest absolute Gasteiger partial charge is 0.232 e. The predicted octanol–water partition coefficient (Wildman–Crippen LogP) is 3.45. The molecule has 0 fully saturated rings. The lowest BCUT2D eigenvalue weighted by Crippen LogP contribution is -2.13. The van der Waals surface area contributed by atoms with Crippen LogP contribution in [0, 0.1) is 6.92 Å². The van der Waals surface area contributed by atoms with Gasteiger partial charge >= 0.3 is 0 Å². The topological polar surface area (TPSA) is 106 Å². The van der Waals surface area contributed by atoms with Gasteiger partial charge in [-0.25, -0.2) is 0 Å². The number of rotatable bonds is 5. The molecule has 0 bridgehead atoms. The fourth-order valence-electron chi connectivity index (χ4n) is 3.46. The van der Waals surface area contributed by atoms with Crippen molar-refractivity contribution < 1.29 is 9.84 Å². The average Bonchev–Trinajstić information content (AvgIpc) is 2.68. The molecule has 1 heterocycles. The van der Waals surface area contributed by atoms with Crippen molar-refractivity contribution in [1.82, 2.24) is 15.0 Å². The van der Waals surface area contributed by atoms with Crippen molar-refractivity contribution in [2.75, 3.05) is 11.1 Å². The van der Waals surface area contributed by atoms with Crippen LogP contribution in [0.15, 0.2) is 42.5 Å². The van der Waals surface area contributed by atoms with Crippen LogP contribution in [0.1, 0.15) is 41.5 Å². The number of para-hydroxylation sites is 1. The van der Waals surface area contributed by atoms with Gasteiger partial charge in [0, 0.05) is 5.69 Å². The molecule has 4 rings (SSSR count). The van der Waals surface area contributed by atoms with Gasteiger partial charge in [-0.15, -0.1) is 0 Å². The first-order valence-corrected chi connectivity index (χ1v) is 9.36. The number of ether oxygens (including phenoxy) is 1. The molecule has 1 atom stereocenters. The Morgan fingerprint density at radius 3 is 2.86 bits per heavy atom. The summed E-state index contributed by atoms with van der Waals surface area (Å²) < 4.78 is 5.98. The SMILES string of the molecule is Cc1ccccc1Nc1nc(N)nc(COc2cccc3c2CCC[C@H]3O)n1. The van der Waals surface area contributed by atoms with Gasteiger partial charge < -0.3 is 20.9 Å². The number of nitrogens with one attached hydrogen (secondary N) is 1. The molecular weight excluding hydrogens is 354 g/mol. The maximum Gasteiger partial charge on any atom is 0.232 e. The number of nitrogens with zero attached hydrogens (tertiary/aromatic N) is 3. The van der Waals surface area contributed by atoms with Crippen molar-refractivity contribution in [3.63, 3.8) is 0 Å². The maximum atomic E-state index is 10.2. The third-order valence-electron chi connectivity index (χ3n) is 4.88. The van der Waals surface area contributed by atoms with Crippen molar-refractivity contribution >= 4 is 17.6 Å². The molecule has 3 aromatic rings. The van der Waals surface area contributed by atoms with Crippen molar-refractivity contribution in [1.29, 1.82) is 0 Å². The van der Waals surface area contributed by atoms with Crippen LogP contribution in [0.5, 0.6) is 5.75 Å².